The van der Waals surface area contributed by atoms with E-state index in [4.69, 9.17) is 5.11 Å². The third-order valence-corrected chi connectivity index (χ3v) is 10.2. The van der Waals surface area contributed by atoms with E-state index in [1.165, 1.54) is 17.7 Å². The molecule has 2 aromatic rings. The van der Waals surface area contributed by atoms with Gasteiger partial charge in [-0.25, -0.2) is 0 Å². The molecule has 44 heavy (non-hydrogen) atoms. The quantitative estimate of drug-likeness (QED) is 0.146. The topological polar surface area (TPSA) is 152 Å². The van der Waals surface area contributed by atoms with Crippen LogP contribution in [-0.4, -0.2) is 66.1 Å². The Morgan fingerprint density at radius 1 is 0.909 bits per heavy atom. The first-order chi connectivity index (χ1) is 20.4. The Labute approximate surface area is 259 Å². The molecule has 0 radical (unpaired) electrons. The third kappa shape index (κ3) is 7.14. The Bertz CT molecular complexity index is 1750. The van der Waals surface area contributed by atoms with E-state index >= 15 is 0 Å². The number of allylic oxidation sites excluding steroid dienone is 4. The Kier molecular flexibility index (Phi) is 9.60. The maximum absolute atomic E-state index is 11.9. The molecule has 0 saturated carbocycles. The average Bonchev–Trinajstić information content (AvgIpc) is 3.26. The molecule has 0 atom stereocenters. The number of hydrogen-bond acceptors (Lipinski definition) is 6. The van der Waals surface area contributed by atoms with Crippen molar-refractivity contribution in [1.82, 2.24) is 0 Å². The second-order valence-corrected chi connectivity index (χ2v) is 15.4. The number of rotatable bonds is 13. The largest absolute Gasteiger partial charge is 0.481 e. The van der Waals surface area contributed by atoms with Crippen LogP contribution in [0.1, 0.15) is 70.9 Å². The lowest BCUT2D eigenvalue weighted by molar-refractivity contribution is -0.438. The van der Waals surface area contributed by atoms with Crippen molar-refractivity contribution in [3.8, 4) is 0 Å². The fourth-order valence-electron chi connectivity index (χ4n) is 6.30. The zero-order valence-electron chi connectivity index (χ0n) is 25.5. The Balaban J connectivity index is 1.72. The van der Waals surface area contributed by atoms with Gasteiger partial charge in [-0.3, -0.25) is 13.9 Å². The summed E-state index contributed by atoms with van der Waals surface area (Å²) in [5, 5.41) is 8.99. The summed E-state index contributed by atoms with van der Waals surface area (Å²) in [5.41, 5.74) is 4.55. The lowest BCUT2D eigenvalue weighted by Gasteiger charge is -2.27. The number of carbonyl (C=O) groups is 1. The molecule has 0 spiro atoms. The zero-order chi connectivity index (χ0) is 32.5. The number of benzene rings is 2. The van der Waals surface area contributed by atoms with Crippen LogP contribution in [0.15, 0.2) is 71.3 Å². The summed E-state index contributed by atoms with van der Waals surface area (Å²) in [6.45, 7) is 9.19. The summed E-state index contributed by atoms with van der Waals surface area (Å²) in [6, 6.07) is 12.6. The number of aliphatic carboxylic acids is 1. The van der Waals surface area contributed by atoms with Crippen LogP contribution < -0.4 is 4.90 Å². The second kappa shape index (κ2) is 12.6. The van der Waals surface area contributed by atoms with Gasteiger partial charge in [0.05, 0.1) is 16.1 Å². The Morgan fingerprint density at radius 3 is 2.27 bits per heavy atom. The van der Waals surface area contributed by atoms with Crippen LogP contribution >= 0.6 is 0 Å². The van der Waals surface area contributed by atoms with E-state index in [0.29, 0.717) is 17.7 Å². The summed E-state index contributed by atoms with van der Waals surface area (Å²) in [4.78, 5) is 12.6. The van der Waals surface area contributed by atoms with Crippen LogP contribution in [0, 0.1) is 0 Å². The number of anilines is 1. The number of unbranched alkanes of at least 4 members (excludes halogenated alkanes) is 2. The van der Waals surface area contributed by atoms with E-state index < -0.39 is 37.4 Å². The molecule has 4 rings (SSSR count). The van der Waals surface area contributed by atoms with Crippen molar-refractivity contribution in [2.24, 2.45) is 0 Å². The van der Waals surface area contributed by atoms with Gasteiger partial charge in [-0.1, -0.05) is 38.1 Å². The molecular weight excluding hydrogens is 604 g/mol. The highest BCUT2D eigenvalue weighted by molar-refractivity contribution is 7.86. The van der Waals surface area contributed by atoms with Crippen LogP contribution in [0.25, 0.3) is 0 Å². The summed E-state index contributed by atoms with van der Waals surface area (Å²) in [7, 11) is -8.60. The van der Waals surface area contributed by atoms with Gasteiger partial charge in [-0.2, -0.15) is 21.4 Å². The molecule has 2 heterocycles. The SMILES string of the molecule is CC1(C)C(/C=C/C=C2/N(CCCS(=O)(=O)O)c3ccc(S(=O)(=O)O)cc3C2(C)C)=[N+](CCCCCC(=O)O)c2ccccc21. The van der Waals surface area contributed by atoms with Crippen LogP contribution in [0.5, 0.6) is 0 Å². The van der Waals surface area contributed by atoms with E-state index in [0.717, 1.165) is 36.5 Å². The first kappa shape index (κ1) is 33.6. The van der Waals surface area contributed by atoms with Gasteiger partial charge in [0.25, 0.3) is 20.2 Å². The molecule has 2 aromatic carbocycles. The van der Waals surface area contributed by atoms with Gasteiger partial charge in [0, 0.05) is 53.9 Å². The molecule has 238 valence electrons. The molecule has 0 fully saturated rings. The van der Waals surface area contributed by atoms with Crippen molar-refractivity contribution < 1.29 is 40.4 Å². The molecule has 0 aromatic heterocycles. The smallest absolute Gasteiger partial charge is 0.303 e. The summed E-state index contributed by atoms with van der Waals surface area (Å²) < 4.78 is 68.0. The molecule has 2 aliphatic heterocycles. The highest BCUT2D eigenvalue weighted by Crippen LogP contribution is 2.48. The van der Waals surface area contributed by atoms with Gasteiger partial charge in [0.1, 0.15) is 6.54 Å². The van der Waals surface area contributed by atoms with Crippen molar-refractivity contribution in [2.45, 2.75) is 75.5 Å². The second-order valence-electron chi connectivity index (χ2n) is 12.4. The fraction of sp³-hybridized carbons (Fsp3) is 0.438. The van der Waals surface area contributed by atoms with Gasteiger partial charge < -0.3 is 10.0 Å². The number of nitrogens with zero attached hydrogens (tertiary/aromatic N) is 2. The Morgan fingerprint density at radius 2 is 1.61 bits per heavy atom. The number of carboxylic acid groups (broad SMARTS) is 1. The third-order valence-electron chi connectivity index (χ3n) is 8.53. The molecule has 0 amide bonds. The van der Waals surface area contributed by atoms with Crippen LogP contribution in [-0.2, 0) is 35.9 Å². The van der Waals surface area contributed by atoms with E-state index in [9.17, 15) is 30.7 Å². The number of para-hydroxylation sites is 1. The monoisotopic (exact) mass is 645 g/mol. The highest BCUT2D eigenvalue weighted by atomic mass is 32.2. The number of carboxylic acids is 1. The van der Waals surface area contributed by atoms with Crippen LogP contribution in [0.2, 0.25) is 0 Å². The van der Waals surface area contributed by atoms with Crippen molar-refractivity contribution in [1.29, 1.82) is 0 Å². The van der Waals surface area contributed by atoms with Gasteiger partial charge in [-0.15, -0.1) is 0 Å². The molecule has 0 saturated heterocycles. The predicted octanol–water partition coefficient (Wildman–Crippen LogP) is 5.47. The maximum atomic E-state index is 11.9. The molecular formula is C32H41N2O8S2+. The zero-order valence-corrected chi connectivity index (χ0v) is 27.2. The minimum Gasteiger partial charge on any atom is -0.481 e. The molecule has 10 nitrogen and oxygen atoms in total. The average molecular weight is 646 g/mol. The highest BCUT2D eigenvalue weighted by Gasteiger charge is 2.44. The summed E-state index contributed by atoms with van der Waals surface area (Å²) >= 11 is 0. The molecule has 3 N–H and O–H groups in total. The van der Waals surface area contributed by atoms with Crippen molar-refractivity contribution in [2.75, 3.05) is 23.7 Å². The van der Waals surface area contributed by atoms with Gasteiger partial charge in [-0.05, 0) is 62.9 Å². The lowest BCUT2D eigenvalue weighted by atomic mass is 9.81. The van der Waals surface area contributed by atoms with Gasteiger partial charge in [0.15, 0.2) is 5.71 Å². The van der Waals surface area contributed by atoms with Gasteiger partial charge in [0.2, 0.25) is 5.69 Å². The minimum absolute atomic E-state index is 0.144. The molecule has 0 aliphatic carbocycles. The van der Waals surface area contributed by atoms with Crippen molar-refractivity contribution in [3.05, 3.63) is 77.5 Å². The van der Waals surface area contributed by atoms with E-state index in [2.05, 4.69) is 36.6 Å². The van der Waals surface area contributed by atoms with Crippen molar-refractivity contribution >= 4 is 43.3 Å². The molecule has 12 heteroatoms. The first-order valence-corrected chi connectivity index (χ1v) is 17.7. The number of hydrogen-bond donors (Lipinski definition) is 3. The van der Waals surface area contributed by atoms with Crippen LogP contribution in [0.3, 0.4) is 0 Å². The fourth-order valence-corrected chi connectivity index (χ4v) is 7.30. The first-order valence-electron chi connectivity index (χ1n) is 14.6. The minimum atomic E-state index is -4.44. The summed E-state index contributed by atoms with van der Waals surface area (Å²) in [5.74, 6) is -1.21. The molecule has 0 bridgehead atoms. The van der Waals surface area contributed by atoms with Crippen LogP contribution in [0.4, 0.5) is 11.4 Å². The Hall–Kier alpha value is -3.32. The normalized spacial score (nSPS) is 18.3. The van der Waals surface area contributed by atoms with Crippen molar-refractivity contribution in [3.63, 3.8) is 0 Å². The molecule has 0 unspecified atom stereocenters. The standard InChI is InChI=1S/C32H40N2O8S2/c1-31(2)24-12-7-8-13-26(24)33(19-9-5-6-16-30(35)36)28(31)14-10-15-29-32(3,4)25-22-23(44(40,41)42)17-18-27(25)34(29)20-11-21-43(37,38)39/h7-8,10,12-15,17-18,22H,5-6,9,11,16,19-21H2,1-4H3,(H2-,35,36,37,38,39,40,41,42)/p+1. The summed E-state index contributed by atoms with van der Waals surface area (Å²) in [6.07, 6.45) is 8.48. The lowest BCUT2D eigenvalue weighted by Crippen LogP contribution is -2.29. The van der Waals surface area contributed by atoms with E-state index in [1.54, 1.807) is 6.07 Å². The maximum Gasteiger partial charge on any atom is 0.303 e. The van der Waals surface area contributed by atoms with E-state index in [1.807, 2.05) is 43.0 Å². The number of fused-ring (bicyclic) bond motifs is 2. The van der Waals surface area contributed by atoms with Gasteiger partial charge >= 0.3 is 5.97 Å². The molecule has 2 aliphatic rings. The van der Waals surface area contributed by atoms with E-state index in [-0.39, 0.29) is 29.7 Å². The predicted molar refractivity (Wildman–Crippen MR) is 170 cm³/mol.